The van der Waals surface area contributed by atoms with Crippen molar-refractivity contribution in [3.63, 3.8) is 0 Å². The highest BCUT2D eigenvalue weighted by Crippen LogP contribution is 2.17. The van der Waals surface area contributed by atoms with E-state index in [4.69, 9.17) is 0 Å². The number of hydrogen-bond donors (Lipinski definition) is 2. The van der Waals surface area contributed by atoms with Crippen molar-refractivity contribution in [3.8, 4) is 0 Å². The van der Waals surface area contributed by atoms with Gasteiger partial charge in [-0.05, 0) is 24.6 Å². The minimum atomic E-state index is -0.363. The number of hydrogen-bond acceptors (Lipinski definition) is 3. The first-order valence-corrected chi connectivity index (χ1v) is 8.43. The molecule has 3 aromatic rings. The summed E-state index contributed by atoms with van der Waals surface area (Å²) in [6.07, 6.45) is 1.90. The highest BCUT2D eigenvalue weighted by atomic mass is 16.2. The Labute approximate surface area is 151 Å². The van der Waals surface area contributed by atoms with Crippen LogP contribution in [0, 0.1) is 0 Å². The molecule has 132 valence electrons. The zero-order chi connectivity index (χ0) is 18.4. The van der Waals surface area contributed by atoms with Gasteiger partial charge in [-0.25, -0.2) is 0 Å². The molecule has 3 rings (SSSR count). The Hall–Kier alpha value is -3.41. The molecular weight excluding hydrogens is 328 g/mol. The van der Waals surface area contributed by atoms with E-state index in [2.05, 4.69) is 15.7 Å². The molecule has 0 spiro atoms. The fourth-order valence-electron chi connectivity index (χ4n) is 2.53. The van der Waals surface area contributed by atoms with Gasteiger partial charge in [0, 0.05) is 18.4 Å². The Morgan fingerprint density at radius 3 is 2.27 bits per heavy atom. The second-order valence-electron chi connectivity index (χ2n) is 5.78. The highest BCUT2D eigenvalue weighted by molar-refractivity contribution is 6.08. The van der Waals surface area contributed by atoms with Crippen LogP contribution in [0.4, 0.5) is 11.4 Å². The Morgan fingerprint density at radius 2 is 1.62 bits per heavy atom. The maximum Gasteiger partial charge on any atom is 0.278 e. The number of carbonyl (C=O) groups is 2. The summed E-state index contributed by atoms with van der Waals surface area (Å²) in [4.78, 5) is 24.9. The van der Waals surface area contributed by atoms with E-state index < -0.39 is 0 Å². The maximum absolute atomic E-state index is 12.6. The van der Waals surface area contributed by atoms with Crippen LogP contribution in [0.5, 0.6) is 0 Å². The number of amides is 2. The Kier molecular flexibility index (Phi) is 5.43. The van der Waals surface area contributed by atoms with E-state index in [0.29, 0.717) is 17.9 Å². The number of aromatic nitrogens is 2. The van der Waals surface area contributed by atoms with Crippen LogP contribution in [0.2, 0.25) is 0 Å². The number of anilines is 2. The monoisotopic (exact) mass is 348 g/mol. The third kappa shape index (κ3) is 4.36. The minimum absolute atomic E-state index is 0.192. The Balaban J connectivity index is 1.75. The van der Waals surface area contributed by atoms with Gasteiger partial charge in [-0.15, -0.1) is 0 Å². The van der Waals surface area contributed by atoms with Gasteiger partial charge in [0.05, 0.1) is 12.1 Å². The number of para-hydroxylation sites is 1. The van der Waals surface area contributed by atoms with Crippen molar-refractivity contribution in [3.05, 3.63) is 78.1 Å². The van der Waals surface area contributed by atoms with Crippen molar-refractivity contribution in [1.29, 1.82) is 0 Å². The van der Waals surface area contributed by atoms with Crippen LogP contribution in [0.15, 0.2) is 66.9 Å². The van der Waals surface area contributed by atoms with E-state index in [9.17, 15) is 9.59 Å². The predicted molar refractivity (Wildman–Crippen MR) is 101 cm³/mol. The van der Waals surface area contributed by atoms with Gasteiger partial charge in [-0.3, -0.25) is 14.3 Å². The maximum atomic E-state index is 12.6. The summed E-state index contributed by atoms with van der Waals surface area (Å²) in [7, 11) is 0. The number of nitrogens with zero attached hydrogens (tertiary/aromatic N) is 2. The topological polar surface area (TPSA) is 76.0 Å². The van der Waals surface area contributed by atoms with Gasteiger partial charge in [0.25, 0.3) is 5.91 Å². The average molecular weight is 348 g/mol. The second-order valence-corrected chi connectivity index (χ2v) is 5.78. The molecule has 0 saturated carbocycles. The average Bonchev–Trinajstić information content (AvgIpc) is 3.06. The first-order valence-electron chi connectivity index (χ1n) is 8.43. The van der Waals surface area contributed by atoms with Crippen molar-refractivity contribution in [2.24, 2.45) is 0 Å². The molecule has 26 heavy (non-hydrogen) atoms. The third-order valence-corrected chi connectivity index (χ3v) is 3.81. The summed E-state index contributed by atoms with van der Waals surface area (Å²) >= 11 is 0. The first kappa shape index (κ1) is 17.4. The lowest BCUT2D eigenvalue weighted by molar-refractivity contribution is -0.115. The van der Waals surface area contributed by atoms with Gasteiger partial charge in [-0.2, -0.15) is 5.10 Å². The number of aryl methyl sites for hydroxylation is 1. The number of nitrogens with one attached hydrogen (secondary N) is 2. The molecule has 0 bridgehead atoms. The van der Waals surface area contributed by atoms with E-state index in [-0.39, 0.29) is 23.9 Å². The molecule has 6 nitrogen and oxygen atoms in total. The number of benzene rings is 2. The van der Waals surface area contributed by atoms with Crippen LogP contribution < -0.4 is 10.6 Å². The van der Waals surface area contributed by atoms with Crippen LogP contribution in [0.25, 0.3) is 0 Å². The standard InChI is InChI=1S/C20H20N4O2/c1-2-24-14-17(22-18(25)13-15-9-5-3-6-10-15)19(23-24)20(26)21-16-11-7-4-8-12-16/h3-12,14H,2,13H2,1H3,(H,21,26)(H,22,25). The third-order valence-electron chi connectivity index (χ3n) is 3.81. The lowest BCUT2D eigenvalue weighted by Gasteiger charge is -2.06. The lowest BCUT2D eigenvalue weighted by Crippen LogP contribution is -2.19. The van der Waals surface area contributed by atoms with Gasteiger partial charge < -0.3 is 10.6 Å². The predicted octanol–water partition coefficient (Wildman–Crippen LogP) is 3.34. The van der Waals surface area contributed by atoms with Crippen LogP contribution in [0.1, 0.15) is 23.0 Å². The molecule has 2 N–H and O–H groups in total. The van der Waals surface area contributed by atoms with Crippen molar-refractivity contribution in [2.45, 2.75) is 19.9 Å². The zero-order valence-electron chi connectivity index (χ0n) is 14.5. The summed E-state index contributed by atoms with van der Waals surface area (Å²) in [5.41, 5.74) is 2.17. The minimum Gasteiger partial charge on any atom is -0.322 e. The molecule has 2 amide bonds. The quantitative estimate of drug-likeness (QED) is 0.717. The van der Waals surface area contributed by atoms with Crippen molar-refractivity contribution in [2.75, 3.05) is 10.6 Å². The van der Waals surface area contributed by atoms with E-state index in [1.807, 2.05) is 55.5 Å². The van der Waals surface area contributed by atoms with E-state index in [1.54, 1.807) is 23.0 Å². The fraction of sp³-hybridized carbons (Fsp3) is 0.150. The molecule has 0 aliphatic rings. The van der Waals surface area contributed by atoms with Crippen molar-refractivity contribution < 1.29 is 9.59 Å². The second kappa shape index (κ2) is 8.11. The summed E-state index contributed by atoms with van der Waals surface area (Å²) in [5.74, 6) is -0.556. The number of carbonyl (C=O) groups excluding carboxylic acids is 2. The molecule has 0 aliphatic heterocycles. The zero-order valence-corrected chi connectivity index (χ0v) is 14.5. The molecular formula is C20H20N4O2. The summed E-state index contributed by atoms with van der Waals surface area (Å²) in [6.45, 7) is 2.52. The van der Waals surface area contributed by atoms with Gasteiger partial charge in [0.15, 0.2) is 5.69 Å². The smallest absolute Gasteiger partial charge is 0.278 e. The van der Waals surface area contributed by atoms with Crippen LogP contribution in [-0.4, -0.2) is 21.6 Å². The van der Waals surface area contributed by atoms with Crippen molar-refractivity contribution >= 4 is 23.2 Å². The SMILES string of the molecule is CCn1cc(NC(=O)Cc2ccccc2)c(C(=O)Nc2ccccc2)n1. The van der Waals surface area contributed by atoms with E-state index >= 15 is 0 Å². The molecule has 0 unspecified atom stereocenters. The molecule has 0 radical (unpaired) electrons. The van der Waals surface area contributed by atoms with Gasteiger partial charge in [0.2, 0.25) is 5.91 Å². The largest absolute Gasteiger partial charge is 0.322 e. The molecule has 6 heteroatoms. The Morgan fingerprint density at radius 1 is 0.962 bits per heavy atom. The Bertz CT molecular complexity index is 889. The molecule has 0 fully saturated rings. The molecule has 0 saturated heterocycles. The van der Waals surface area contributed by atoms with Crippen LogP contribution in [-0.2, 0) is 17.8 Å². The number of rotatable bonds is 6. The molecule has 1 aromatic heterocycles. The summed E-state index contributed by atoms with van der Waals surface area (Å²) in [6, 6.07) is 18.6. The van der Waals surface area contributed by atoms with E-state index in [1.165, 1.54) is 0 Å². The molecule has 0 aliphatic carbocycles. The summed E-state index contributed by atoms with van der Waals surface area (Å²) < 4.78 is 1.62. The van der Waals surface area contributed by atoms with Gasteiger partial charge in [-0.1, -0.05) is 48.5 Å². The lowest BCUT2D eigenvalue weighted by atomic mass is 10.1. The molecule has 2 aromatic carbocycles. The normalized spacial score (nSPS) is 10.3. The van der Waals surface area contributed by atoms with Crippen LogP contribution >= 0.6 is 0 Å². The highest BCUT2D eigenvalue weighted by Gasteiger charge is 2.18. The summed E-state index contributed by atoms with van der Waals surface area (Å²) in [5, 5.41) is 9.87. The molecule has 1 heterocycles. The first-order chi connectivity index (χ1) is 12.7. The van der Waals surface area contributed by atoms with Crippen molar-refractivity contribution in [1.82, 2.24) is 9.78 Å². The van der Waals surface area contributed by atoms with Gasteiger partial charge in [0.1, 0.15) is 0 Å². The van der Waals surface area contributed by atoms with E-state index in [0.717, 1.165) is 5.56 Å². The molecule has 0 atom stereocenters. The van der Waals surface area contributed by atoms with Crippen LogP contribution in [0.3, 0.4) is 0 Å². The fourth-order valence-corrected chi connectivity index (χ4v) is 2.53. The van der Waals surface area contributed by atoms with Gasteiger partial charge >= 0.3 is 0 Å².